The molecule has 0 aliphatic heterocycles. The fourth-order valence-electron chi connectivity index (χ4n) is 0.361. The zero-order valence-electron chi connectivity index (χ0n) is 4.68. The Morgan fingerprint density at radius 1 is 2.00 bits per heavy atom. The maximum absolute atomic E-state index is 8.83. The van der Waals surface area contributed by atoms with E-state index in [9.17, 15) is 0 Å². The zero-order chi connectivity index (χ0) is 6.78. The summed E-state index contributed by atoms with van der Waals surface area (Å²) in [4.78, 5) is -1.13. The lowest BCUT2D eigenvalue weighted by Gasteiger charge is -2.13. The SMILES string of the molecule is CC(O)(S)CC(=N)N. The Balaban J connectivity index is 3.55. The first-order valence-electron chi connectivity index (χ1n) is 2.19. The van der Waals surface area contributed by atoms with Crippen LogP contribution in [-0.4, -0.2) is 15.9 Å². The van der Waals surface area contributed by atoms with E-state index >= 15 is 0 Å². The van der Waals surface area contributed by atoms with Crippen LogP contribution in [0.1, 0.15) is 13.3 Å². The van der Waals surface area contributed by atoms with Gasteiger partial charge in [-0.2, -0.15) is 0 Å². The van der Waals surface area contributed by atoms with E-state index < -0.39 is 4.93 Å². The summed E-state index contributed by atoms with van der Waals surface area (Å²) in [7, 11) is 0. The van der Waals surface area contributed by atoms with Gasteiger partial charge in [-0.1, -0.05) is 0 Å². The van der Waals surface area contributed by atoms with Crippen LogP contribution >= 0.6 is 12.6 Å². The third-order valence-electron chi connectivity index (χ3n) is 0.525. The maximum Gasteiger partial charge on any atom is 0.111 e. The summed E-state index contributed by atoms with van der Waals surface area (Å²) in [6.45, 7) is 1.48. The molecule has 4 heteroatoms. The molecule has 48 valence electrons. The maximum atomic E-state index is 8.83. The summed E-state index contributed by atoms with van der Waals surface area (Å²) >= 11 is 3.73. The number of amidine groups is 1. The quantitative estimate of drug-likeness (QED) is 0.185. The summed E-state index contributed by atoms with van der Waals surface area (Å²) in [5, 5.41) is 15.6. The summed E-state index contributed by atoms with van der Waals surface area (Å²) < 4.78 is 0. The molecule has 4 N–H and O–H groups in total. The van der Waals surface area contributed by atoms with Gasteiger partial charge in [0.2, 0.25) is 0 Å². The van der Waals surface area contributed by atoms with Gasteiger partial charge in [0.25, 0.3) is 0 Å². The molecule has 0 aromatic heterocycles. The molecule has 8 heavy (non-hydrogen) atoms. The van der Waals surface area contributed by atoms with Crippen LogP contribution in [0.3, 0.4) is 0 Å². The summed E-state index contributed by atoms with van der Waals surface area (Å²) in [6.07, 6.45) is 0.107. The Hall–Kier alpha value is -0.220. The predicted molar refractivity (Wildman–Crippen MR) is 36.1 cm³/mol. The molecule has 0 fully saturated rings. The lowest BCUT2D eigenvalue weighted by Crippen LogP contribution is -2.24. The summed E-state index contributed by atoms with van der Waals surface area (Å²) in [5.41, 5.74) is 4.95. The average Bonchev–Trinajstić information content (AvgIpc) is 1.21. The minimum absolute atomic E-state index is 0.0509. The Kier molecular flexibility index (Phi) is 2.30. The Morgan fingerprint density at radius 3 is 2.38 bits per heavy atom. The lowest BCUT2D eigenvalue weighted by molar-refractivity contribution is 0.168. The van der Waals surface area contributed by atoms with Gasteiger partial charge < -0.3 is 10.8 Å². The van der Waals surface area contributed by atoms with Gasteiger partial charge in [-0.25, -0.2) is 0 Å². The van der Waals surface area contributed by atoms with E-state index in [-0.39, 0.29) is 12.3 Å². The molecule has 0 bridgehead atoms. The van der Waals surface area contributed by atoms with Crippen molar-refractivity contribution in [3.63, 3.8) is 0 Å². The van der Waals surface area contributed by atoms with Crippen LogP contribution in [0, 0.1) is 5.41 Å². The molecular formula is C4H10N2OS. The topological polar surface area (TPSA) is 70.1 Å². The van der Waals surface area contributed by atoms with Crippen molar-refractivity contribution < 1.29 is 5.11 Å². The van der Waals surface area contributed by atoms with Crippen molar-refractivity contribution in [1.82, 2.24) is 0 Å². The van der Waals surface area contributed by atoms with Gasteiger partial charge in [-0.3, -0.25) is 5.41 Å². The van der Waals surface area contributed by atoms with Gasteiger partial charge in [0, 0.05) is 6.42 Å². The second-order valence-corrected chi connectivity index (χ2v) is 2.88. The highest BCUT2D eigenvalue weighted by Crippen LogP contribution is 2.11. The van der Waals surface area contributed by atoms with Crippen LogP contribution in [0.4, 0.5) is 0 Å². The van der Waals surface area contributed by atoms with Gasteiger partial charge in [-0.05, 0) is 6.92 Å². The number of thiol groups is 1. The molecule has 1 unspecified atom stereocenters. The van der Waals surface area contributed by atoms with Crippen molar-refractivity contribution in [2.24, 2.45) is 5.73 Å². The number of rotatable bonds is 2. The molecule has 0 aromatic carbocycles. The minimum atomic E-state index is -1.13. The van der Waals surface area contributed by atoms with Crippen LogP contribution in [0.25, 0.3) is 0 Å². The van der Waals surface area contributed by atoms with Crippen LogP contribution in [0.2, 0.25) is 0 Å². The molecule has 0 aliphatic rings. The molecule has 0 radical (unpaired) electrons. The van der Waals surface area contributed by atoms with E-state index in [2.05, 4.69) is 12.6 Å². The fourth-order valence-corrected chi connectivity index (χ4v) is 0.531. The second kappa shape index (κ2) is 2.37. The van der Waals surface area contributed by atoms with E-state index in [0.29, 0.717) is 0 Å². The summed E-state index contributed by atoms with van der Waals surface area (Å²) in [6, 6.07) is 0. The molecule has 0 saturated heterocycles. The van der Waals surface area contributed by atoms with Crippen LogP contribution in [0.15, 0.2) is 0 Å². The van der Waals surface area contributed by atoms with Crippen molar-refractivity contribution in [3.8, 4) is 0 Å². The van der Waals surface area contributed by atoms with Crippen molar-refractivity contribution in [2.75, 3.05) is 0 Å². The highest BCUT2D eigenvalue weighted by atomic mass is 32.1. The smallest absolute Gasteiger partial charge is 0.111 e. The van der Waals surface area contributed by atoms with Gasteiger partial charge in [0.1, 0.15) is 4.93 Å². The molecule has 0 spiro atoms. The molecule has 3 nitrogen and oxygen atoms in total. The fraction of sp³-hybridized carbons (Fsp3) is 0.750. The van der Waals surface area contributed by atoms with Crippen LogP contribution < -0.4 is 5.73 Å². The van der Waals surface area contributed by atoms with Crippen LogP contribution in [-0.2, 0) is 0 Å². The zero-order valence-corrected chi connectivity index (χ0v) is 5.57. The normalized spacial score (nSPS) is 17.4. The van der Waals surface area contributed by atoms with Crippen LogP contribution in [0.5, 0.6) is 0 Å². The first-order valence-corrected chi connectivity index (χ1v) is 2.64. The van der Waals surface area contributed by atoms with E-state index in [1.54, 1.807) is 0 Å². The lowest BCUT2D eigenvalue weighted by atomic mass is 10.3. The monoisotopic (exact) mass is 134 g/mol. The van der Waals surface area contributed by atoms with Crippen molar-refractivity contribution in [1.29, 1.82) is 5.41 Å². The molecule has 0 aliphatic carbocycles. The van der Waals surface area contributed by atoms with E-state index in [1.165, 1.54) is 6.92 Å². The van der Waals surface area contributed by atoms with E-state index in [1.807, 2.05) is 0 Å². The van der Waals surface area contributed by atoms with Gasteiger partial charge in [-0.15, -0.1) is 12.6 Å². The van der Waals surface area contributed by atoms with Gasteiger partial charge in [0.05, 0.1) is 5.84 Å². The van der Waals surface area contributed by atoms with Crippen molar-refractivity contribution in [2.45, 2.75) is 18.3 Å². The molecule has 0 saturated carbocycles. The second-order valence-electron chi connectivity index (χ2n) is 1.92. The molecular weight excluding hydrogens is 124 g/mol. The molecule has 0 amide bonds. The number of aliphatic hydroxyl groups is 1. The van der Waals surface area contributed by atoms with E-state index in [0.717, 1.165) is 0 Å². The third-order valence-corrected chi connectivity index (χ3v) is 0.683. The highest BCUT2D eigenvalue weighted by Gasteiger charge is 2.13. The number of nitrogens with two attached hydrogens (primary N) is 1. The first-order chi connectivity index (χ1) is 3.42. The standard InChI is InChI=1S/C4H10N2OS/c1-4(7,8)2-3(5)6/h7-8H,2H2,1H3,(H3,5,6). The average molecular weight is 134 g/mol. The molecule has 0 rings (SSSR count). The van der Waals surface area contributed by atoms with E-state index in [4.69, 9.17) is 16.2 Å². The third kappa shape index (κ3) is 5.78. The molecule has 0 aromatic rings. The molecule has 1 atom stereocenters. The molecule has 0 heterocycles. The Labute approximate surface area is 53.8 Å². The van der Waals surface area contributed by atoms with Gasteiger partial charge >= 0.3 is 0 Å². The Bertz CT molecular complexity index is 96.7. The first kappa shape index (κ1) is 7.78. The summed E-state index contributed by atoms with van der Waals surface area (Å²) in [5.74, 6) is -0.0509. The van der Waals surface area contributed by atoms with Crippen molar-refractivity contribution in [3.05, 3.63) is 0 Å². The number of hydrogen-bond donors (Lipinski definition) is 4. The van der Waals surface area contributed by atoms with Crippen molar-refractivity contribution >= 4 is 18.5 Å². The van der Waals surface area contributed by atoms with Gasteiger partial charge in [0.15, 0.2) is 0 Å². The number of hydrogen-bond acceptors (Lipinski definition) is 3. The highest BCUT2D eigenvalue weighted by molar-refractivity contribution is 7.81. The number of nitrogens with one attached hydrogen (secondary N) is 1. The predicted octanol–water partition coefficient (Wildman–Crippen LogP) is -0.0492. The largest absolute Gasteiger partial charge is 0.388 e. The minimum Gasteiger partial charge on any atom is -0.388 e. The Morgan fingerprint density at radius 2 is 2.38 bits per heavy atom.